The van der Waals surface area contributed by atoms with E-state index in [0.717, 1.165) is 5.56 Å². The van der Waals surface area contributed by atoms with E-state index in [4.69, 9.17) is 39.5 Å². The van der Waals surface area contributed by atoms with Crippen molar-refractivity contribution in [2.45, 2.75) is 13.0 Å². The zero-order chi connectivity index (χ0) is 17.7. The van der Waals surface area contributed by atoms with Crippen LogP contribution < -0.4 is 5.32 Å². The summed E-state index contributed by atoms with van der Waals surface area (Å²) in [7, 11) is 0. The normalized spacial score (nSPS) is 11.7. The Bertz CT molecular complexity index is 751. The number of aromatic nitrogens is 1. The van der Waals surface area contributed by atoms with E-state index in [9.17, 15) is 9.59 Å². The van der Waals surface area contributed by atoms with Gasteiger partial charge in [-0.2, -0.15) is 0 Å². The Morgan fingerprint density at radius 1 is 1.12 bits per heavy atom. The zero-order valence-electron chi connectivity index (χ0n) is 12.6. The summed E-state index contributed by atoms with van der Waals surface area (Å²) in [5.74, 6) is -1.28. The first kappa shape index (κ1) is 18.5. The molecular formula is C16H13Cl3N2O3. The number of hydrogen-bond donors (Lipinski definition) is 1. The lowest BCUT2D eigenvalue weighted by Gasteiger charge is -2.14. The second-order valence-electron chi connectivity index (χ2n) is 4.88. The zero-order valence-corrected chi connectivity index (χ0v) is 14.8. The van der Waals surface area contributed by atoms with Gasteiger partial charge in [0.25, 0.3) is 5.91 Å². The Morgan fingerprint density at radius 3 is 2.46 bits per heavy atom. The minimum absolute atomic E-state index is 0.0966. The molecule has 0 radical (unpaired) electrons. The Morgan fingerprint density at radius 2 is 1.79 bits per heavy atom. The van der Waals surface area contributed by atoms with Gasteiger partial charge in [0.05, 0.1) is 11.1 Å². The van der Waals surface area contributed by atoms with Crippen LogP contribution in [0.25, 0.3) is 0 Å². The number of rotatable bonds is 5. The highest BCUT2D eigenvalue weighted by Crippen LogP contribution is 2.18. The molecule has 0 spiro atoms. The third-order valence-corrected chi connectivity index (χ3v) is 3.85. The van der Waals surface area contributed by atoms with E-state index in [1.165, 1.54) is 12.1 Å². The van der Waals surface area contributed by atoms with Gasteiger partial charge in [0.1, 0.15) is 5.15 Å². The highest BCUT2D eigenvalue weighted by Gasteiger charge is 2.17. The molecule has 0 saturated heterocycles. The molecule has 1 heterocycles. The van der Waals surface area contributed by atoms with Crippen molar-refractivity contribution in [2.75, 3.05) is 6.61 Å². The number of ether oxygens (including phenoxy) is 1. The number of hydrogen-bond acceptors (Lipinski definition) is 4. The summed E-state index contributed by atoms with van der Waals surface area (Å²) in [5, 5.41) is 3.52. The molecule has 2 rings (SSSR count). The molecule has 1 atom stereocenters. The Hall–Kier alpha value is -1.82. The Kier molecular flexibility index (Phi) is 6.43. The highest BCUT2D eigenvalue weighted by molar-refractivity contribution is 6.34. The van der Waals surface area contributed by atoms with Crippen LogP contribution in [0.4, 0.5) is 0 Å². The summed E-state index contributed by atoms with van der Waals surface area (Å²) in [4.78, 5) is 27.6. The number of halogens is 3. The summed E-state index contributed by atoms with van der Waals surface area (Å²) < 4.78 is 4.90. The summed E-state index contributed by atoms with van der Waals surface area (Å²) in [5.41, 5.74) is 0.737. The fourth-order valence-electron chi connectivity index (χ4n) is 1.88. The molecule has 1 amide bonds. The Labute approximate surface area is 153 Å². The lowest BCUT2D eigenvalue weighted by Crippen LogP contribution is -2.31. The van der Waals surface area contributed by atoms with Gasteiger partial charge in [-0.25, -0.2) is 9.78 Å². The van der Waals surface area contributed by atoms with Gasteiger partial charge < -0.3 is 10.1 Å². The average molecular weight is 388 g/mol. The van der Waals surface area contributed by atoms with Crippen LogP contribution in [0.2, 0.25) is 15.2 Å². The van der Waals surface area contributed by atoms with E-state index in [1.54, 1.807) is 31.2 Å². The van der Waals surface area contributed by atoms with Crippen LogP contribution in [0.5, 0.6) is 0 Å². The van der Waals surface area contributed by atoms with Crippen LogP contribution in [0.15, 0.2) is 36.4 Å². The van der Waals surface area contributed by atoms with Crippen LogP contribution in [-0.2, 0) is 9.53 Å². The third-order valence-electron chi connectivity index (χ3n) is 3.09. The SMILES string of the molecule is CC(NC(=O)COC(=O)c1nc(Cl)ccc1Cl)c1ccc(Cl)cc1. The number of esters is 1. The first-order valence-corrected chi connectivity index (χ1v) is 8.04. The van der Waals surface area contributed by atoms with Gasteiger partial charge in [-0.05, 0) is 36.8 Å². The monoisotopic (exact) mass is 386 g/mol. The maximum Gasteiger partial charge on any atom is 0.359 e. The van der Waals surface area contributed by atoms with Crippen molar-refractivity contribution >= 4 is 46.7 Å². The van der Waals surface area contributed by atoms with Gasteiger partial charge in [0.2, 0.25) is 0 Å². The number of nitrogens with one attached hydrogen (secondary N) is 1. The van der Waals surface area contributed by atoms with Gasteiger partial charge >= 0.3 is 5.97 Å². The fourth-order valence-corrected chi connectivity index (χ4v) is 2.33. The van der Waals surface area contributed by atoms with Crippen LogP contribution in [0.3, 0.4) is 0 Å². The smallest absolute Gasteiger partial charge is 0.359 e. The molecule has 0 fully saturated rings. The lowest BCUT2D eigenvalue weighted by atomic mass is 10.1. The van der Waals surface area contributed by atoms with E-state index in [-0.39, 0.29) is 21.9 Å². The van der Waals surface area contributed by atoms with Crippen molar-refractivity contribution in [3.63, 3.8) is 0 Å². The third kappa shape index (κ3) is 5.09. The minimum atomic E-state index is -0.822. The summed E-state index contributed by atoms with van der Waals surface area (Å²) in [6.45, 7) is 1.35. The van der Waals surface area contributed by atoms with E-state index in [0.29, 0.717) is 5.02 Å². The quantitative estimate of drug-likeness (QED) is 0.620. The molecule has 2 aromatic rings. The maximum absolute atomic E-state index is 11.9. The molecule has 0 bridgehead atoms. The van der Waals surface area contributed by atoms with E-state index in [2.05, 4.69) is 10.3 Å². The summed E-state index contributed by atoms with van der Waals surface area (Å²) in [6.07, 6.45) is 0. The van der Waals surface area contributed by atoms with Crippen molar-refractivity contribution in [1.82, 2.24) is 10.3 Å². The van der Waals surface area contributed by atoms with Crippen molar-refractivity contribution in [1.29, 1.82) is 0 Å². The van der Waals surface area contributed by atoms with Crippen molar-refractivity contribution in [3.8, 4) is 0 Å². The molecule has 0 saturated carbocycles. The average Bonchev–Trinajstić information content (AvgIpc) is 2.55. The molecule has 8 heteroatoms. The number of benzene rings is 1. The predicted octanol–water partition coefficient (Wildman–Crippen LogP) is 4.08. The molecule has 0 aliphatic rings. The molecule has 1 N–H and O–H groups in total. The van der Waals surface area contributed by atoms with Crippen molar-refractivity contribution in [3.05, 3.63) is 62.9 Å². The molecule has 24 heavy (non-hydrogen) atoms. The lowest BCUT2D eigenvalue weighted by molar-refractivity contribution is -0.124. The number of pyridine rings is 1. The predicted molar refractivity (Wildman–Crippen MR) is 92.5 cm³/mol. The van der Waals surface area contributed by atoms with E-state index >= 15 is 0 Å². The van der Waals surface area contributed by atoms with E-state index in [1.807, 2.05) is 0 Å². The topological polar surface area (TPSA) is 68.3 Å². The van der Waals surface area contributed by atoms with Crippen molar-refractivity contribution in [2.24, 2.45) is 0 Å². The van der Waals surface area contributed by atoms with Gasteiger partial charge in [-0.15, -0.1) is 0 Å². The molecule has 1 unspecified atom stereocenters. The standard InChI is InChI=1S/C16H13Cl3N2O3/c1-9(10-2-4-11(17)5-3-10)20-14(22)8-24-16(23)15-12(18)6-7-13(19)21-15/h2-7,9H,8H2,1H3,(H,20,22). The second kappa shape index (κ2) is 8.33. The fraction of sp³-hybridized carbons (Fsp3) is 0.188. The molecular weight excluding hydrogens is 375 g/mol. The first-order chi connectivity index (χ1) is 11.4. The number of carbonyl (C=O) groups is 2. The van der Waals surface area contributed by atoms with Crippen LogP contribution >= 0.6 is 34.8 Å². The molecule has 0 aliphatic carbocycles. The molecule has 0 aliphatic heterocycles. The van der Waals surface area contributed by atoms with Crippen molar-refractivity contribution < 1.29 is 14.3 Å². The minimum Gasteiger partial charge on any atom is -0.451 e. The van der Waals surface area contributed by atoms with Crippen LogP contribution in [-0.4, -0.2) is 23.5 Å². The van der Waals surface area contributed by atoms with Gasteiger partial charge in [0, 0.05) is 5.02 Å². The van der Waals surface area contributed by atoms with Gasteiger partial charge in [-0.3, -0.25) is 4.79 Å². The number of nitrogens with zero attached hydrogens (tertiary/aromatic N) is 1. The number of amides is 1. The number of carbonyl (C=O) groups excluding carboxylic acids is 2. The van der Waals surface area contributed by atoms with Gasteiger partial charge in [0.15, 0.2) is 12.3 Å². The molecule has 1 aromatic heterocycles. The second-order valence-corrected chi connectivity index (χ2v) is 6.11. The van der Waals surface area contributed by atoms with E-state index < -0.39 is 18.5 Å². The summed E-state index contributed by atoms with van der Waals surface area (Å²) >= 11 is 17.4. The molecule has 5 nitrogen and oxygen atoms in total. The largest absolute Gasteiger partial charge is 0.451 e. The van der Waals surface area contributed by atoms with Crippen LogP contribution in [0.1, 0.15) is 29.0 Å². The molecule has 126 valence electrons. The maximum atomic E-state index is 11.9. The molecule has 1 aromatic carbocycles. The Balaban J connectivity index is 1.89. The first-order valence-electron chi connectivity index (χ1n) is 6.91. The summed E-state index contributed by atoms with van der Waals surface area (Å²) in [6, 6.07) is 9.67. The highest BCUT2D eigenvalue weighted by atomic mass is 35.5. The van der Waals surface area contributed by atoms with Gasteiger partial charge in [-0.1, -0.05) is 46.9 Å². The van der Waals surface area contributed by atoms with Crippen LogP contribution in [0, 0.1) is 0 Å².